The monoisotopic (exact) mass is 232 g/mol. The molecule has 1 aromatic carbocycles. The molecule has 1 unspecified atom stereocenters. The molecule has 5 heteroatoms. The molecule has 0 saturated heterocycles. The Hall–Kier alpha value is 0.480. The fourth-order valence-corrected chi connectivity index (χ4v) is 1.00. The van der Waals surface area contributed by atoms with Crippen LogP contribution in [0.2, 0.25) is 15.1 Å². The third kappa shape index (κ3) is 3.59. The van der Waals surface area contributed by atoms with E-state index in [-0.39, 0.29) is 15.4 Å². The molecular formula is C6H8Cl3OP. The van der Waals surface area contributed by atoms with Crippen LogP contribution in [-0.4, -0.2) is 5.48 Å². The second-order valence-corrected chi connectivity index (χ2v) is 2.73. The second kappa shape index (κ2) is 6.05. The summed E-state index contributed by atoms with van der Waals surface area (Å²) in [6.45, 7) is 0. The third-order valence-electron chi connectivity index (χ3n) is 0.904. The maximum absolute atomic E-state index is 5.61. The molecule has 0 bridgehead atoms. The largest absolute Gasteiger partial charge is 0.412 e. The Labute approximate surface area is 83.6 Å². The van der Waals surface area contributed by atoms with E-state index in [2.05, 4.69) is 0 Å². The molecule has 0 amide bonds. The van der Waals surface area contributed by atoms with Gasteiger partial charge in [0.15, 0.2) is 0 Å². The van der Waals surface area contributed by atoms with Gasteiger partial charge in [0.2, 0.25) is 0 Å². The first-order valence-electron chi connectivity index (χ1n) is 2.31. The maximum atomic E-state index is 5.61. The molecule has 2 N–H and O–H groups in total. The first-order valence-corrected chi connectivity index (χ1v) is 3.44. The van der Waals surface area contributed by atoms with Gasteiger partial charge in [-0.1, -0.05) is 40.9 Å². The molecular weight excluding hydrogens is 225 g/mol. The van der Waals surface area contributed by atoms with Gasteiger partial charge in [-0.05, 0) is 12.1 Å². The Bertz CT molecular complexity index is 209. The minimum Gasteiger partial charge on any atom is -0.412 e. The highest BCUT2D eigenvalue weighted by molar-refractivity contribution is 6.92. The van der Waals surface area contributed by atoms with Crippen LogP contribution in [0.25, 0.3) is 0 Å². The van der Waals surface area contributed by atoms with E-state index in [1.165, 1.54) is 0 Å². The number of hydrogen-bond donors (Lipinski definition) is 0. The van der Waals surface area contributed by atoms with Crippen molar-refractivity contribution in [3.05, 3.63) is 33.3 Å². The van der Waals surface area contributed by atoms with Crippen LogP contribution in [0.3, 0.4) is 0 Å². The summed E-state index contributed by atoms with van der Waals surface area (Å²) < 4.78 is 0. The Morgan fingerprint density at radius 3 is 1.55 bits per heavy atom. The lowest BCUT2D eigenvalue weighted by Crippen LogP contribution is -1.67. The summed E-state index contributed by atoms with van der Waals surface area (Å²) in [5.41, 5.74) is 0. The molecule has 1 aromatic rings. The zero-order valence-electron chi connectivity index (χ0n) is 5.57. The van der Waals surface area contributed by atoms with Crippen LogP contribution in [0.5, 0.6) is 0 Å². The fraction of sp³-hybridized carbons (Fsp3) is 0. The first kappa shape index (κ1) is 14.0. The van der Waals surface area contributed by atoms with Crippen molar-refractivity contribution in [1.29, 1.82) is 0 Å². The van der Waals surface area contributed by atoms with Crippen molar-refractivity contribution in [3.8, 4) is 0 Å². The molecule has 0 spiro atoms. The Balaban J connectivity index is 0. The summed E-state index contributed by atoms with van der Waals surface area (Å²) in [6, 6.07) is 5.13. The van der Waals surface area contributed by atoms with Crippen LogP contribution in [0.15, 0.2) is 18.2 Å². The first-order chi connectivity index (χ1) is 4.22. The van der Waals surface area contributed by atoms with Crippen LogP contribution in [0.4, 0.5) is 0 Å². The lowest BCUT2D eigenvalue weighted by atomic mass is 10.4. The van der Waals surface area contributed by atoms with E-state index in [0.717, 1.165) is 0 Å². The van der Waals surface area contributed by atoms with Crippen LogP contribution in [0.1, 0.15) is 0 Å². The van der Waals surface area contributed by atoms with Crippen molar-refractivity contribution in [2.24, 2.45) is 0 Å². The third-order valence-corrected chi connectivity index (χ3v) is 2.14. The van der Waals surface area contributed by atoms with Crippen LogP contribution in [0, 0.1) is 0 Å². The van der Waals surface area contributed by atoms with Gasteiger partial charge >= 0.3 is 0 Å². The highest BCUT2D eigenvalue weighted by Crippen LogP contribution is 2.28. The fourth-order valence-electron chi connectivity index (χ4n) is 0.477. The summed E-state index contributed by atoms with van der Waals surface area (Å²) in [4.78, 5) is 0. The number of halogens is 3. The van der Waals surface area contributed by atoms with E-state index >= 15 is 0 Å². The zero-order valence-corrected chi connectivity index (χ0v) is 9.26. The van der Waals surface area contributed by atoms with Gasteiger partial charge in [-0.2, -0.15) is 9.90 Å². The van der Waals surface area contributed by atoms with Crippen molar-refractivity contribution < 1.29 is 5.48 Å². The molecule has 0 aliphatic heterocycles. The van der Waals surface area contributed by atoms with Gasteiger partial charge in [0.1, 0.15) is 0 Å². The van der Waals surface area contributed by atoms with Gasteiger partial charge < -0.3 is 5.48 Å². The van der Waals surface area contributed by atoms with Crippen LogP contribution in [-0.2, 0) is 0 Å². The van der Waals surface area contributed by atoms with E-state index in [0.29, 0.717) is 15.1 Å². The molecule has 1 rings (SSSR count). The van der Waals surface area contributed by atoms with Crippen LogP contribution < -0.4 is 0 Å². The van der Waals surface area contributed by atoms with E-state index in [9.17, 15) is 0 Å². The quantitative estimate of drug-likeness (QED) is 0.487. The summed E-state index contributed by atoms with van der Waals surface area (Å²) in [5.74, 6) is 0. The summed E-state index contributed by atoms with van der Waals surface area (Å²) in [6.07, 6.45) is 0. The number of benzene rings is 1. The molecule has 64 valence electrons. The van der Waals surface area contributed by atoms with Gasteiger partial charge in [-0.15, -0.1) is 0 Å². The van der Waals surface area contributed by atoms with Crippen molar-refractivity contribution in [2.45, 2.75) is 0 Å². The Morgan fingerprint density at radius 1 is 0.909 bits per heavy atom. The highest BCUT2D eigenvalue weighted by Gasteiger charge is 1.98. The van der Waals surface area contributed by atoms with E-state index in [4.69, 9.17) is 34.8 Å². The normalized spacial score (nSPS) is 7.91. The average Bonchev–Trinajstić information content (AvgIpc) is 1.83. The molecule has 0 aliphatic carbocycles. The summed E-state index contributed by atoms with van der Waals surface area (Å²) in [7, 11) is 0. The van der Waals surface area contributed by atoms with Gasteiger partial charge in [-0.25, -0.2) is 0 Å². The SMILES string of the molecule is Clc1cccc(Cl)c1Cl.O.P. The van der Waals surface area contributed by atoms with E-state index in [1.807, 2.05) is 0 Å². The molecule has 0 aliphatic rings. The molecule has 0 heterocycles. The van der Waals surface area contributed by atoms with Crippen LogP contribution >= 0.6 is 44.7 Å². The number of hydrogen-bond acceptors (Lipinski definition) is 0. The lowest BCUT2D eigenvalue weighted by molar-refractivity contribution is 0.824. The van der Waals surface area contributed by atoms with E-state index in [1.54, 1.807) is 18.2 Å². The molecule has 1 nitrogen and oxygen atoms in total. The summed E-state index contributed by atoms with van der Waals surface area (Å²) >= 11 is 16.8. The molecule has 0 saturated carbocycles. The number of rotatable bonds is 0. The standard InChI is InChI=1S/C6H3Cl3.H2O.H3P/c7-4-2-1-3-5(8)6(4)9;;/h1-3H;1H2;1H3. The predicted molar refractivity (Wildman–Crippen MR) is 56.2 cm³/mol. The molecule has 0 fully saturated rings. The average molecular weight is 233 g/mol. The van der Waals surface area contributed by atoms with Gasteiger partial charge in [-0.3, -0.25) is 0 Å². The second-order valence-electron chi connectivity index (χ2n) is 1.54. The minimum absolute atomic E-state index is 0. The smallest absolute Gasteiger partial charge is 0.0778 e. The lowest BCUT2D eigenvalue weighted by Gasteiger charge is -1.94. The molecule has 1 atom stereocenters. The zero-order chi connectivity index (χ0) is 6.85. The van der Waals surface area contributed by atoms with Gasteiger partial charge in [0.25, 0.3) is 0 Å². The van der Waals surface area contributed by atoms with Crippen molar-refractivity contribution >= 4 is 44.7 Å². The predicted octanol–water partition coefficient (Wildman–Crippen LogP) is 2.88. The molecule has 0 radical (unpaired) electrons. The molecule has 11 heavy (non-hydrogen) atoms. The van der Waals surface area contributed by atoms with Crippen molar-refractivity contribution in [1.82, 2.24) is 0 Å². The van der Waals surface area contributed by atoms with E-state index < -0.39 is 0 Å². The molecule has 0 aromatic heterocycles. The Kier molecular flexibility index (Phi) is 7.71. The minimum atomic E-state index is 0. The topological polar surface area (TPSA) is 31.5 Å². The highest BCUT2D eigenvalue weighted by atomic mass is 35.5. The van der Waals surface area contributed by atoms with Crippen molar-refractivity contribution in [3.63, 3.8) is 0 Å². The van der Waals surface area contributed by atoms with Crippen molar-refractivity contribution in [2.75, 3.05) is 0 Å². The van der Waals surface area contributed by atoms with Gasteiger partial charge in [0.05, 0.1) is 15.1 Å². The maximum Gasteiger partial charge on any atom is 0.0778 e. The Morgan fingerprint density at radius 2 is 1.27 bits per heavy atom. The van der Waals surface area contributed by atoms with Gasteiger partial charge in [0, 0.05) is 0 Å². The summed E-state index contributed by atoms with van der Waals surface area (Å²) in [5, 5.41) is 1.40.